The van der Waals surface area contributed by atoms with Crippen LogP contribution in [0.3, 0.4) is 0 Å². The van der Waals surface area contributed by atoms with Crippen LogP contribution in [0.1, 0.15) is 50.5 Å². The largest absolute Gasteiger partial charge is 0.451 e. The maximum absolute atomic E-state index is 11.8. The Morgan fingerprint density at radius 3 is 2.57 bits per heavy atom. The zero-order chi connectivity index (χ0) is 17.4. The second-order valence-electron chi connectivity index (χ2n) is 6.05. The second-order valence-corrected chi connectivity index (χ2v) is 6.05. The van der Waals surface area contributed by atoms with Gasteiger partial charge in [-0.3, -0.25) is 9.59 Å². The number of ether oxygens (including phenoxy) is 1. The van der Waals surface area contributed by atoms with Gasteiger partial charge >= 0.3 is 5.97 Å². The summed E-state index contributed by atoms with van der Waals surface area (Å²) in [4.78, 5) is 34.7. The highest BCUT2D eigenvalue weighted by Crippen LogP contribution is 2.08. The quantitative estimate of drug-likeness (QED) is 0.728. The molecule has 7 heteroatoms. The summed E-state index contributed by atoms with van der Waals surface area (Å²) in [7, 11) is 1.44. The van der Waals surface area contributed by atoms with Crippen LogP contribution in [0.5, 0.6) is 0 Å². The Morgan fingerprint density at radius 1 is 1.26 bits per heavy atom. The molecule has 1 aromatic heterocycles. The van der Waals surface area contributed by atoms with Crippen molar-refractivity contribution in [2.45, 2.75) is 46.1 Å². The van der Waals surface area contributed by atoms with Crippen LogP contribution in [-0.2, 0) is 16.6 Å². The van der Waals surface area contributed by atoms with Crippen molar-refractivity contribution in [3.8, 4) is 0 Å². The fraction of sp³-hybridized carbons (Fsp3) is 0.625. The van der Waals surface area contributed by atoms with Crippen LogP contribution in [-0.4, -0.2) is 34.3 Å². The predicted molar refractivity (Wildman–Crippen MR) is 86.1 cm³/mol. The van der Waals surface area contributed by atoms with Crippen molar-refractivity contribution in [2.75, 3.05) is 6.61 Å². The van der Waals surface area contributed by atoms with Crippen LogP contribution < -0.4 is 10.9 Å². The average Bonchev–Trinajstić information content (AvgIpc) is 2.47. The van der Waals surface area contributed by atoms with Gasteiger partial charge in [-0.05, 0) is 25.3 Å². The van der Waals surface area contributed by atoms with Crippen molar-refractivity contribution >= 4 is 11.9 Å². The lowest BCUT2D eigenvalue weighted by Gasteiger charge is -2.14. The van der Waals surface area contributed by atoms with Gasteiger partial charge in [0.1, 0.15) is 0 Å². The maximum Gasteiger partial charge on any atom is 0.359 e. The van der Waals surface area contributed by atoms with Gasteiger partial charge in [-0.1, -0.05) is 26.7 Å². The molecule has 128 valence electrons. The maximum atomic E-state index is 11.8. The number of aryl methyl sites for hydroxylation is 1. The van der Waals surface area contributed by atoms with Crippen molar-refractivity contribution in [3.05, 3.63) is 28.2 Å². The minimum Gasteiger partial charge on any atom is -0.451 e. The Kier molecular flexibility index (Phi) is 7.44. The van der Waals surface area contributed by atoms with E-state index in [9.17, 15) is 14.4 Å². The van der Waals surface area contributed by atoms with Gasteiger partial charge in [-0.15, -0.1) is 0 Å². The molecule has 0 fully saturated rings. The molecular formula is C16H25N3O4. The molecule has 1 amide bonds. The van der Waals surface area contributed by atoms with Gasteiger partial charge in [-0.25, -0.2) is 9.48 Å². The molecule has 1 heterocycles. The van der Waals surface area contributed by atoms with Crippen LogP contribution in [0.15, 0.2) is 16.9 Å². The first-order chi connectivity index (χ1) is 10.8. The molecule has 1 unspecified atom stereocenters. The van der Waals surface area contributed by atoms with Gasteiger partial charge in [0.2, 0.25) is 0 Å². The molecular weight excluding hydrogens is 298 g/mol. The summed E-state index contributed by atoms with van der Waals surface area (Å²) >= 11 is 0. The van der Waals surface area contributed by atoms with Crippen molar-refractivity contribution < 1.29 is 14.3 Å². The molecule has 1 N–H and O–H groups in total. The van der Waals surface area contributed by atoms with Crippen LogP contribution in [0, 0.1) is 5.92 Å². The van der Waals surface area contributed by atoms with Gasteiger partial charge < -0.3 is 10.1 Å². The third-order valence-electron chi connectivity index (χ3n) is 3.33. The monoisotopic (exact) mass is 323 g/mol. The highest BCUT2D eigenvalue weighted by molar-refractivity contribution is 5.89. The van der Waals surface area contributed by atoms with E-state index in [1.807, 2.05) is 6.92 Å². The SMILES string of the molecule is CC(C)CCCC(C)NC(=O)COC(=O)c1ccc(=O)n(C)n1. The van der Waals surface area contributed by atoms with Crippen molar-refractivity contribution in [2.24, 2.45) is 13.0 Å². The second kappa shape index (κ2) is 9.07. The van der Waals surface area contributed by atoms with Crippen LogP contribution in [0.25, 0.3) is 0 Å². The summed E-state index contributed by atoms with van der Waals surface area (Å²) < 4.78 is 5.93. The number of aromatic nitrogens is 2. The molecule has 0 bridgehead atoms. The molecule has 0 spiro atoms. The zero-order valence-corrected chi connectivity index (χ0v) is 14.2. The Morgan fingerprint density at radius 2 is 1.96 bits per heavy atom. The van der Waals surface area contributed by atoms with E-state index in [1.54, 1.807) is 0 Å². The molecule has 0 aliphatic carbocycles. The molecule has 0 radical (unpaired) electrons. The molecule has 0 saturated carbocycles. The summed E-state index contributed by atoms with van der Waals surface area (Å²) in [6, 6.07) is 2.54. The molecule has 0 aliphatic rings. The molecule has 23 heavy (non-hydrogen) atoms. The van der Waals surface area contributed by atoms with E-state index in [1.165, 1.54) is 19.2 Å². The van der Waals surface area contributed by atoms with Crippen molar-refractivity contribution in [3.63, 3.8) is 0 Å². The Hall–Kier alpha value is -2.18. The van der Waals surface area contributed by atoms with Crippen molar-refractivity contribution in [1.82, 2.24) is 15.1 Å². The Labute approximate surface area is 136 Å². The van der Waals surface area contributed by atoms with E-state index in [4.69, 9.17) is 4.74 Å². The number of hydrogen-bond acceptors (Lipinski definition) is 5. The molecule has 0 aliphatic heterocycles. The number of hydrogen-bond donors (Lipinski definition) is 1. The number of carbonyl (C=O) groups excluding carboxylic acids is 2. The van der Waals surface area contributed by atoms with Gasteiger partial charge in [0.25, 0.3) is 11.5 Å². The Bertz CT molecular complexity index is 595. The fourth-order valence-electron chi connectivity index (χ4n) is 2.04. The minimum absolute atomic E-state index is 0.00937. The molecule has 1 atom stereocenters. The van der Waals surface area contributed by atoms with Gasteiger partial charge in [0, 0.05) is 19.2 Å². The topological polar surface area (TPSA) is 90.3 Å². The number of nitrogens with zero attached hydrogens (tertiary/aromatic N) is 2. The summed E-state index contributed by atoms with van der Waals surface area (Å²) in [5.41, 5.74) is -0.334. The third-order valence-corrected chi connectivity index (χ3v) is 3.33. The van der Waals surface area contributed by atoms with E-state index in [-0.39, 0.29) is 29.8 Å². The molecule has 1 aromatic rings. The molecule has 1 rings (SSSR count). The first-order valence-electron chi connectivity index (χ1n) is 7.80. The van der Waals surface area contributed by atoms with E-state index < -0.39 is 5.97 Å². The zero-order valence-electron chi connectivity index (χ0n) is 14.2. The number of carbonyl (C=O) groups is 2. The van der Waals surface area contributed by atoms with Crippen LogP contribution in [0.2, 0.25) is 0 Å². The number of amides is 1. The minimum atomic E-state index is -0.733. The van der Waals surface area contributed by atoms with Crippen LogP contribution in [0.4, 0.5) is 0 Å². The van der Waals surface area contributed by atoms with Crippen molar-refractivity contribution in [1.29, 1.82) is 0 Å². The summed E-state index contributed by atoms with van der Waals surface area (Å²) in [6.45, 7) is 5.89. The lowest BCUT2D eigenvalue weighted by atomic mass is 10.0. The van der Waals surface area contributed by atoms with E-state index >= 15 is 0 Å². The van der Waals surface area contributed by atoms with Gasteiger partial charge in [0.15, 0.2) is 12.3 Å². The lowest BCUT2D eigenvalue weighted by Crippen LogP contribution is -2.36. The average molecular weight is 323 g/mol. The number of esters is 1. The van der Waals surface area contributed by atoms with E-state index in [0.717, 1.165) is 23.9 Å². The van der Waals surface area contributed by atoms with Crippen LogP contribution >= 0.6 is 0 Å². The summed E-state index contributed by atoms with van der Waals surface area (Å²) in [5.74, 6) is -0.434. The number of rotatable bonds is 8. The van der Waals surface area contributed by atoms with E-state index in [2.05, 4.69) is 24.3 Å². The van der Waals surface area contributed by atoms with Gasteiger partial charge in [0.05, 0.1) is 0 Å². The highest BCUT2D eigenvalue weighted by Gasteiger charge is 2.14. The standard InChI is InChI=1S/C16H25N3O4/c1-11(2)6-5-7-12(3)17-14(20)10-23-16(22)13-8-9-15(21)19(4)18-13/h8-9,11-12H,5-7,10H2,1-4H3,(H,17,20). The number of nitrogens with one attached hydrogen (secondary N) is 1. The first-order valence-corrected chi connectivity index (χ1v) is 7.80. The van der Waals surface area contributed by atoms with Gasteiger partial charge in [-0.2, -0.15) is 5.10 Å². The first kappa shape index (κ1) is 18.9. The highest BCUT2D eigenvalue weighted by atomic mass is 16.5. The molecule has 0 saturated heterocycles. The normalized spacial score (nSPS) is 12.0. The van der Waals surface area contributed by atoms with E-state index in [0.29, 0.717) is 5.92 Å². The third kappa shape index (κ3) is 7.08. The molecule has 0 aromatic carbocycles. The smallest absolute Gasteiger partial charge is 0.359 e. The summed E-state index contributed by atoms with van der Waals surface area (Å²) in [5, 5.41) is 6.56. The molecule has 7 nitrogen and oxygen atoms in total. The fourth-order valence-corrected chi connectivity index (χ4v) is 2.04. The summed E-state index contributed by atoms with van der Waals surface area (Å²) in [6.07, 6.45) is 3.05. The lowest BCUT2D eigenvalue weighted by molar-refractivity contribution is -0.124. The Balaban J connectivity index is 2.36. The predicted octanol–water partition coefficient (Wildman–Crippen LogP) is 1.27.